The topological polar surface area (TPSA) is 85.9 Å². The summed E-state index contributed by atoms with van der Waals surface area (Å²) in [7, 11) is 6.26. The van der Waals surface area contributed by atoms with E-state index >= 15 is 0 Å². The fraction of sp³-hybridized carbons (Fsp3) is 0.444. The Hall–Kier alpha value is -2.58. The third-order valence-electron chi connectivity index (χ3n) is 4.64. The summed E-state index contributed by atoms with van der Waals surface area (Å²) in [6, 6.07) is 5.31. The first-order chi connectivity index (χ1) is 12.5. The number of carbonyl (C=O) groups is 1. The van der Waals surface area contributed by atoms with E-state index in [1.165, 1.54) is 0 Å². The van der Waals surface area contributed by atoms with Gasteiger partial charge in [0.15, 0.2) is 23.5 Å². The number of fused-ring (bicyclic) bond motifs is 1. The van der Waals surface area contributed by atoms with Gasteiger partial charge in [-0.05, 0) is 24.6 Å². The Balaban J connectivity index is 2.08. The number of methoxy groups -OCH3 is 4. The molecule has 26 heavy (non-hydrogen) atoms. The summed E-state index contributed by atoms with van der Waals surface area (Å²) in [5.41, 5.74) is 3.02. The molecule has 1 aliphatic rings. The molecule has 0 saturated carbocycles. The molecule has 1 aromatic heterocycles. The lowest BCUT2D eigenvalue weighted by molar-refractivity contribution is -0.113. The molecule has 1 aromatic carbocycles. The number of hydrogen-bond acceptors (Lipinski definition) is 6. The Morgan fingerprint density at radius 1 is 1.15 bits per heavy atom. The van der Waals surface area contributed by atoms with Gasteiger partial charge >= 0.3 is 0 Å². The van der Waals surface area contributed by atoms with Crippen LogP contribution in [0.4, 0.5) is 0 Å². The Morgan fingerprint density at radius 3 is 2.46 bits per heavy atom. The number of rotatable bonds is 7. The van der Waals surface area contributed by atoms with Crippen LogP contribution >= 0.6 is 0 Å². The normalized spacial score (nSPS) is 16.3. The van der Waals surface area contributed by atoms with E-state index in [9.17, 15) is 4.79 Å². The van der Waals surface area contributed by atoms with Crippen LogP contribution in [0.1, 0.15) is 33.4 Å². The largest absolute Gasteiger partial charge is 0.493 e. The summed E-state index contributed by atoms with van der Waals surface area (Å²) in [5.74, 6) is 1.06. The molecule has 8 heteroatoms. The molecular weight excluding hydrogens is 338 g/mol. The van der Waals surface area contributed by atoms with E-state index < -0.39 is 6.29 Å². The highest BCUT2D eigenvalue weighted by Crippen LogP contribution is 2.41. The number of nitrogens with zero attached hydrogens (tertiary/aromatic N) is 2. The van der Waals surface area contributed by atoms with Gasteiger partial charge in [0.25, 0.3) is 5.91 Å². The lowest BCUT2D eigenvalue weighted by Crippen LogP contribution is -2.38. The second-order valence-corrected chi connectivity index (χ2v) is 5.99. The van der Waals surface area contributed by atoms with Gasteiger partial charge in [-0.3, -0.25) is 9.89 Å². The zero-order valence-corrected chi connectivity index (χ0v) is 15.5. The highest BCUT2D eigenvalue weighted by Gasteiger charge is 2.42. The van der Waals surface area contributed by atoms with Crippen molar-refractivity contribution in [3.63, 3.8) is 0 Å². The van der Waals surface area contributed by atoms with Crippen molar-refractivity contribution in [3.05, 3.63) is 40.7 Å². The number of carbonyl (C=O) groups excluding carboxylic acids is 1. The number of aromatic nitrogens is 2. The minimum absolute atomic E-state index is 0.164. The summed E-state index contributed by atoms with van der Waals surface area (Å²) in [4.78, 5) is 14.6. The summed E-state index contributed by atoms with van der Waals surface area (Å²) >= 11 is 0. The maximum absolute atomic E-state index is 12.9. The highest BCUT2D eigenvalue weighted by atomic mass is 16.7. The molecular formula is C18H23N3O5. The van der Waals surface area contributed by atoms with Crippen LogP contribution in [-0.4, -0.2) is 62.3 Å². The molecule has 140 valence electrons. The molecule has 0 radical (unpaired) electrons. The molecule has 1 amide bonds. The fourth-order valence-electron chi connectivity index (χ4n) is 3.31. The molecule has 2 aromatic rings. The second kappa shape index (κ2) is 7.35. The van der Waals surface area contributed by atoms with E-state index in [1.54, 1.807) is 33.3 Å². The number of amides is 1. The highest BCUT2D eigenvalue weighted by molar-refractivity contribution is 5.98. The molecule has 0 saturated heterocycles. The van der Waals surface area contributed by atoms with E-state index in [0.29, 0.717) is 17.2 Å². The van der Waals surface area contributed by atoms with E-state index in [1.807, 2.05) is 25.1 Å². The molecule has 8 nitrogen and oxygen atoms in total. The van der Waals surface area contributed by atoms with Crippen molar-refractivity contribution in [3.8, 4) is 11.5 Å². The van der Waals surface area contributed by atoms with Gasteiger partial charge in [0, 0.05) is 25.5 Å². The Morgan fingerprint density at radius 2 is 1.85 bits per heavy atom. The van der Waals surface area contributed by atoms with Crippen LogP contribution in [0, 0.1) is 6.92 Å². The van der Waals surface area contributed by atoms with Crippen LogP contribution < -0.4 is 9.47 Å². The van der Waals surface area contributed by atoms with Crippen LogP contribution in [0.25, 0.3) is 0 Å². The molecule has 0 aliphatic carbocycles. The van der Waals surface area contributed by atoms with Gasteiger partial charge in [-0.2, -0.15) is 5.10 Å². The summed E-state index contributed by atoms with van der Waals surface area (Å²) < 4.78 is 21.3. The molecule has 1 unspecified atom stereocenters. The zero-order valence-electron chi connectivity index (χ0n) is 15.5. The van der Waals surface area contributed by atoms with E-state index in [2.05, 4.69) is 10.2 Å². The van der Waals surface area contributed by atoms with E-state index in [-0.39, 0.29) is 18.5 Å². The van der Waals surface area contributed by atoms with Gasteiger partial charge in [0.2, 0.25) is 0 Å². The number of aryl methyl sites for hydroxylation is 1. The number of ether oxygens (including phenoxy) is 4. The SMILES string of the molecule is COc1ccc(C2c3c(n[nH]c3C)C(=O)N2CC(OC)OC)cc1OC. The van der Waals surface area contributed by atoms with Gasteiger partial charge in [-0.15, -0.1) is 0 Å². The standard InChI is InChI=1S/C18H23N3O5/c1-10-15-16(20-19-10)18(22)21(9-14(25-4)26-5)17(15)11-6-7-12(23-2)13(8-11)24-3/h6-8,14,17H,9H2,1-5H3,(H,19,20). The number of benzene rings is 1. The number of nitrogens with one attached hydrogen (secondary N) is 1. The van der Waals surface area contributed by atoms with Crippen molar-refractivity contribution < 1.29 is 23.7 Å². The first-order valence-electron chi connectivity index (χ1n) is 8.19. The quantitative estimate of drug-likeness (QED) is 0.758. The van der Waals surface area contributed by atoms with Crippen LogP contribution in [0.3, 0.4) is 0 Å². The minimum Gasteiger partial charge on any atom is -0.493 e. The predicted molar refractivity (Wildman–Crippen MR) is 93.6 cm³/mol. The molecule has 0 fully saturated rings. The third-order valence-corrected chi connectivity index (χ3v) is 4.64. The van der Waals surface area contributed by atoms with Crippen molar-refractivity contribution in [2.45, 2.75) is 19.3 Å². The van der Waals surface area contributed by atoms with Gasteiger partial charge in [0.1, 0.15) is 0 Å². The van der Waals surface area contributed by atoms with Crippen molar-refractivity contribution in [1.29, 1.82) is 0 Å². The summed E-state index contributed by atoms with van der Waals surface area (Å²) in [6.45, 7) is 2.18. The Labute approximate surface area is 152 Å². The van der Waals surface area contributed by atoms with Crippen LogP contribution in [0.5, 0.6) is 11.5 Å². The minimum atomic E-state index is -0.533. The Kier molecular flexibility index (Phi) is 5.15. The molecule has 1 N–H and O–H groups in total. The average molecular weight is 361 g/mol. The molecule has 2 heterocycles. The second-order valence-electron chi connectivity index (χ2n) is 5.99. The van der Waals surface area contributed by atoms with Gasteiger partial charge in [-0.25, -0.2) is 0 Å². The van der Waals surface area contributed by atoms with Gasteiger partial charge < -0.3 is 23.8 Å². The smallest absolute Gasteiger partial charge is 0.275 e. The lowest BCUT2D eigenvalue weighted by atomic mass is 9.98. The van der Waals surface area contributed by atoms with Crippen molar-refractivity contribution in [2.75, 3.05) is 35.0 Å². The van der Waals surface area contributed by atoms with E-state index in [4.69, 9.17) is 18.9 Å². The predicted octanol–water partition coefficient (Wildman–Crippen LogP) is 1.90. The molecule has 1 atom stereocenters. The molecule has 0 bridgehead atoms. The van der Waals surface area contributed by atoms with Crippen LogP contribution in [0.2, 0.25) is 0 Å². The summed E-state index contributed by atoms with van der Waals surface area (Å²) in [5, 5.41) is 7.09. The molecule has 0 spiro atoms. The number of aromatic amines is 1. The van der Waals surface area contributed by atoms with Crippen molar-refractivity contribution >= 4 is 5.91 Å². The van der Waals surface area contributed by atoms with Crippen LogP contribution in [0.15, 0.2) is 18.2 Å². The fourth-order valence-corrected chi connectivity index (χ4v) is 3.31. The summed E-state index contributed by atoms with van der Waals surface area (Å²) in [6.07, 6.45) is -0.533. The van der Waals surface area contributed by atoms with E-state index in [0.717, 1.165) is 16.8 Å². The van der Waals surface area contributed by atoms with Crippen molar-refractivity contribution in [1.82, 2.24) is 15.1 Å². The lowest BCUT2D eigenvalue weighted by Gasteiger charge is -2.29. The molecule has 3 rings (SSSR count). The van der Waals surface area contributed by atoms with Gasteiger partial charge in [0.05, 0.1) is 26.8 Å². The van der Waals surface area contributed by atoms with Crippen LogP contribution in [-0.2, 0) is 9.47 Å². The Bertz CT molecular complexity index is 800. The third kappa shape index (κ3) is 2.91. The van der Waals surface area contributed by atoms with Crippen molar-refractivity contribution in [2.24, 2.45) is 0 Å². The zero-order chi connectivity index (χ0) is 18.8. The number of hydrogen-bond donors (Lipinski definition) is 1. The monoisotopic (exact) mass is 361 g/mol. The molecule has 1 aliphatic heterocycles. The number of H-pyrrole nitrogens is 1. The van der Waals surface area contributed by atoms with Gasteiger partial charge in [-0.1, -0.05) is 6.07 Å². The first kappa shape index (κ1) is 18.2. The average Bonchev–Trinajstić information content (AvgIpc) is 3.17. The maximum atomic E-state index is 12.9. The maximum Gasteiger partial charge on any atom is 0.275 e. The first-order valence-corrected chi connectivity index (χ1v) is 8.19.